The zero-order valence-corrected chi connectivity index (χ0v) is 9.25. The minimum absolute atomic E-state index is 0.255. The first kappa shape index (κ1) is 14.8. The smallest absolute Gasteiger partial charge is 0.123 e. The molecule has 0 saturated heterocycles. The molecule has 2 heteroatoms. The molecule has 2 nitrogen and oxygen atoms in total. The lowest BCUT2D eigenvalue weighted by Gasteiger charge is -1.97. The summed E-state index contributed by atoms with van der Waals surface area (Å²) in [4.78, 5) is 19.7. The van der Waals surface area contributed by atoms with E-state index in [9.17, 15) is 9.59 Å². The number of rotatable bonds is 5. The van der Waals surface area contributed by atoms with Crippen molar-refractivity contribution in [3.63, 3.8) is 0 Å². The third kappa shape index (κ3) is 11.3. The van der Waals surface area contributed by atoms with Crippen LogP contribution < -0.4 is 0 Å². The Morgan fingerprint density at radius 2 is 1.38 bits per heavy atom. The van der Waals surface area contributed by atoms with E-state index in [0.717, 1.165) is 31.8 Å². The zero-order valence-electron chi connectivity index (χ0n) is 9.25. The fraction of sp³-hybridized carbons (Fsp3) is 0.818. The number of carbonyl (C=O) groups excluding carboxylic acids is 2. The Morgan fingerprint density at radius 1 is 0.923 bits per heavy atom. The molecule has 0 spiro atoms. The molecule has 0 fully saturated rings. The van der Waals surface area contributed by atoms with Crippen molar-refractivity contribution in [1.82, 2.24) is 0 Å². The van der Waals surface area contributed by atoms with Gasteiger partial charge in [-0.1, -0.05) is 27.7 Å². The first-order chi connectivity index (χ1) is 6.15. The minimum atomic E-state index is 0.255. The molecule has 1 atom stereocenters. The van der Waals surface area contributed by atoms with Gasteiger partial charge in [0.2, 0.25) is 0 Å². The largest absolute Gasteiger partial charge is 0.303 e. The minimum Gasteiger partial charge on any atom is -0.303 e. The molecule has 0 radical (unpaired) electrons. The van der Waals surface area contributed by atoms with E-state index in [1.807, 2.05) is 27.7 Å². The molecule has 0 aromatic rings. The van der Waals surface area contributed by atoms with Crippen LogP contribution in [-0.4, -0.2) is 12.6 Å². The van der Waals surface area contributed by atoms with Crippen LogP contribution in [0.2, 0.25) is 0 Å². The Hall–Kier alpha value is -0.660. The van der Waals surface area contributed by atoms with Gasteiger partial charge in [-0.25, -0.2) is 0 Å². The van der Waals surface area contributed by atoms with E-state index >= 15 is 0 Å². The molecule has 0 saturated carbocycles. The SMILES string of the molecule is CCC(C)C=O.CCC(C=O)CC. The van der Waals surface area contributed by atoms with Crippen molar-refractivity contribution in [3.05, 3.63) is 0 Å². The summed E-state index contributed by atoms with van der Waals surface area (Å²) in [6, 6.07) is 0. The van der Waals surface area contributed by atoms with Crippen LogP contribution in [0.1, 0.15) is 47.0 Å². The van der Waals surface area contributed by atoms with Gasteiger partial charge in [0.1, 0.15) is 12.6 Å². The van der Waals surface area contributed by atoms with Crippen LogP contribution in [-0.2, 0) is 9.59 Å². The molecule has 0 aromatic carbocycles. The molecule has 0 amide bonds. The molecule has 0 aromatic heterocycles. The Bertz CT molecular complexity index is 117. The first-order valence-electron chi connectivity index (χ1n) is 5.06. The summed E-state index contributed by atoms with van der Waals surface area (Å²) in [5.74, 6) is 0.560. The van der Waals surface area contributed by atoms with Gasteiger partial charge in [-0.15, -0.1) is 0 Å². The van der Waals surface area contributed by atoms with Crippen molar-refractivity contribution < 1.29 is 9.59 Å². The molecule has 0 aliphatic rings. The molecule has 0 heterocycles. The predicted octanol–water partition coefficient (Wildman–Crippen LogP) is 2.85. The molecule has 1 unspecified atom stereocenters. The van der Waals surface area contributed by atoms with E-state index in [0.29, 0.717) is 5.92 Å². The van der Waals surface area contributed by atoms with Gasteiger partial charge in [-0.2, -0.15) is 0 Å². The number of hydrogen-bond donors (Lipinski definition) is 0. The molecule has 0 aliphatic heterocycles. The van der Waals surface area contributed by atoms with Crippen LogP contribution in [0.15, 0.2) is 0 Å². The molecular formula is C11H22O2. The summed E-state index contributed by atoms with van der Waals surface area (Å²) in [7, 11) is 0. The van der Waals surface area contributed by atoms with Gasteiger partial charge in [-0.05, 0) is 19.3 Å². The van der Waals surface area contributed by atoms with Gasteiger partial charge in [0.15, 0.2) is 0 Å². The first-order valence-corrected chi connectivity index (χ1v) is 5.06. The number of hydrogen-bond acceptors (Lipinski definition) is 2. The fourth-order valence-corrected chi connectivity index (χ4v) is 0.577. The van der Waals surface area contributed by atoms with Crippen LogP contribution in [0, 0.1) is 11.8 Å². The van der Waals surface area contributed by atoms with E-state index in [-0.39, 0.29) is 5.92 Å². The van der Waals surface area contributed by atoms with Crippen LogP contribution in [0.4, 0.5) is 0 Å². The summed E-state index contributed by atoms with van der Waals surface area (Å²) in [5.41, 5.74) is 0. The molecule has 0 N–H and O–H groups in total. The average molecular weight is 186 g/mol. The fourth-order valence-electron chi connectivity index (χ4n) is 0.577. The van der Waals surface area contributed by atoms with E-state index in [4.69, 9.17) is 0 Å². The lowest BCUT2D eigenvalue weighted by molar-refractivity contribution is -0.111. The maximum Gasteiger partial charge on any atom is 0.123 e. The third-order valence-electron chi connectivity index (χ3n) is 2.12. The molecule has 0 bridgehead atoms. The normalized spacial score (nSPS) is 11.5. The summed E-state index contributed by atoms with van der Waals surface area (Å²) in [6.07, 6.45) is 4.93. The second-order valence-electron chi connectivity index (χ2n) is 3.23. The zero-order chi connectivity index (χ0) is 10.7. The topological polar surface area (TPSA) is 34.1 Å². The van der Waals surface area contributed by atoms with Crippen molar-refractivity contribution in [3.8, 4) is 0 Å². The van der Waals surface area contributed by atoms with Crippen molar-refractivity contribution >= 4 is 12.6 Å². The van der Waals surface area contributed by atoms with Crippen LogP contribution >= 0.6 is 0 Å². The molecule has 0 aliphatic carbocycles. The van der Waals surface area contributed by atoms with Gasteiger partial charge >= 0.3 is 0 Å². The predicted molar refractivity (Wildman–Crippen MR) is 55.7 cm³/mol. The summed E-state index contributed by atoms with van der Waals surface area (Å²) < 4.78 is 0. The van der Waals surface area contributed by atoms with Gasteiger partial charge < -0.3 is 9.59 Å². The standard InChI is InChI=1S/C6H12O.C5H10O/c1-3-6(4-2)5-7;1-3-5(2)4-6/h5-6H,3-4H2,1-2H3;4-5H,3H2,1-2H3. The Kier molecular flexibility index (Phi) is 12.9. The highest BCUT2D eigenvalue weighted by Gasteiger charge is 1.96. The molecule has 13 heavy (non-hydrogen) atoms. The lowest BCUT2D eigenvalue weighted by atomic mass is 10.1. The number of aldehydes is 2. The average Bonchev–Trinajstić information content (AvgIpc) is 2.20. The van der Waals surface area contributed by atoms with E-state index in [1.165, 1.54) is 0 Å². The van der Waals surface area contributed by atoms with Crippen molar-refractivity contribution in [1.29, 1.82) is 0 Å². The van der Waals surface area contributed by atoms with Crippen LogP contribution in [0.3, 0.4) is 0 Å². The second kappa shape index (κ2) is 11.3. The monoisotopic (exact) mass is 186 g/mol. The van der Waals surface area contributed by atoms with Gasteiger partial charge in [-0.3, -0.25) is 0 Å². The molecular weight excluding hydrogens is 164 g/mol. The highest BCUT2D eigenvalue weighted by Crippen LogP contribution is 2.01. The van der Waals surface area contributed by atoms with Gasteiger partial charge in [0, 0.05) is 11.8 Å². The van der Waals surface area contributed by atoms with Gasteiger partial charge in [0.25, 0.3) is 0 Å². The highest BCUT2D eigenvalue weighted by atomic mass is 16.1. The molecule has 0 rings (SSSR count). The Balaban J connectivity index is 0. The van der Waals surface area contributed by atoms with Crippen LogP contribution in [0.5, 0.6) is 0 Å². The maximum absolute atomic E-state index is 9.97. The van der Waals surface area contributed by atoms with Crippen LogP contribution in [0.25, 0.3) is 0 Å². The summed E-state index contributed by atoms with van der Waals surface area (Å²) in [5, 5.41) is 0. The van der Waals surface area contributed by atoms with E-state index in [1.54, 1.807) is 0 Å². The van der Waals surface area contributed by atoms with Crippen molar-refractivity contribution in [2.75, 3.05) is 0 Å². The second-order valence-corrected chi connectivity index (χ2v) is 3.23. The third-order valence-corrected chi connectivity index (χ3v) is 2.12. The van der Waals surface area contributed by atoms with Crippen molar-refractivity contribution in [2.45, 2.75) is 47.0 Å². The van der Waals surface area contributed by atoms with E-state index in [2.05, 4.69) is 0 Å². The maximum atomic E-state index is 9.97. The van der Waals surface area contributed by atoms with E-state index < -0.39 is 0 Å². The number of carbonyl (C=O) groups is 2. The highest BCUT2D eigenvalue weighted by molar-refractivity contribution is 5.53. The lowest BCUT2D eigenvalue weighted by Crippen LogP contribution is -1.95. The summed E-state index contributed by atoms with van der Waals surface area (Å²) in [6.45, 7) is 7.97. The quantitative estimate of drug-likeness (QED) is 0.619. The molecule has 78 valence electrons. The Morgan fingerprint density at radius 3 is 1.38 bits per heavy atom. The van der Waals surface area contributed by atoms with Gasteiger partial charge in [0.05, 0.1) is 0 Å². The van der Waals surface area contributed by atoms with Crippen molar-refractivity contribution in [2.24, 2.45) is 11.8 Å². The Labute approximate surface area is 81.7 Å². The summed E-state index contributed by atoms with van der Waals surface area (Å²) >= 11 is 0.